The minimum atomic E-state index is -1.13. The minimum Gasteiger partial charge on any atom is -0.480 e. The number of aliphatic hydroxyl groups is 1. The van der Waals surface area contributed by atoms with Crippen LogP contribution in [0.25, 0.3) is 0 Å². The molecule has 5 atom stereocenters. The third kappa shape index (κ3) is 8.85. The lowest BCUT2D eigenvalue weighted by atomic mass is 9.97. The van der Waals surface area contributed by atoms with Crippen LogP contribution in [0.1, 0.15) is 54.4 Å². The largest absolute Gasteiger partial charge is 0.480 e. The molecule has 27 heavy (non-hydrogen) atoms. The van der Waals surface area contributed by atoms with Gasteiger partial charge in [-0.3, -0.25) is 14.4 Å². The number of aliphatic hydroxyl groups excluding tert-OH is 1. The van der Waals surface area contributed by atoms with Crippen molar-refractivity contribution in [1.82, 2.24) is 16.0 Å². The molecule has 5 unspecified atom stereocenters. The van der Waals surface area contributed by atoms with Crippen molar-refractivity contribution in [3.05, 3.63) is 0 Å². The summed E-state index contributed by atoms with van der Waals surface area (Å²) in [5.74, 6) is -3.34. The first-order valence-corrected chi connectivity index (χ1v) is 9.21. The Morgan fingerprint density at radius 3 is 1.78 bits per heavy atom. The van der Waals surface area contributed by atoms with E-state index in [9.17, 15) is 29.4 Å². The zero-order valence-electron chi connectivity index (χ0n) is 16.9. The van der Waals surface area contributed by atoms with Crippen molar-refractivity contribution in [2.24, 2.45) is 11.8 Å². The average molecular weight is 387 g/mol. The van der Waals surface area contributed by atoms with E-state index in [1.165, 1.54) is 13.8 Å². The first-order valence-electron chi connectivity index (χ1n) is 9.21. The number of aliphatic carboxylic acids is 1. The smallest absolute Gasteiger partial charge is 0.326 e. The van der Waals surface area contributed by atoms with E-state index in [1.54, 1.807) is 20.8 Å². The lowest BCUT2D eigenvalue weighted by Gasteiger charge is -2.27. The highest BCUT2D eigenvalue weighted by Crippen LogP contribution is 2.10. The molecule has 0 aromatic carbocycles. The van der Waals surface area contributed by atoms with Gasteiger partial charge in [0.25, 0.3) is 0 Å². The maximum Gasteiger partial charge on any atom is 0.326 e. The molecule has 9 nitrogen and oxygen atoms in total. The molecule has 3 amide bonds. The second-order valence-corrected chi connectivity index (χ2v) is 7.28. The molecule has 0 spiro atoms. The summed E-state index contributed by atoms with van der Waals surface area (Å²) >= 11 is 0. The number of rotatable bonds is 11. The number of nitrogens with one attached hydrogen (secondary N) is 3. The number of carbonyl (C=O) groups is 4. The first-order chi connectivity index (χ1) is 12.4. The van der Waals surface area contributed by atoms with E-state index in [1.807, 2.05) is 6.92 Å². The summed E-state index contributed by atoms with van der Waals surface area (Å²) in [7, 11) is 0. The molecule has 0 aliphatic carbocycles. The maximum atomic E-state index is 12.5. The second-order valence-electron chi connectivity index (χ2n) is 7.28. The van der Waals surface area contributed by atoms with Crippen molar-refractivity contribution in [2.45, 2.75) is 78.6 Å². The molecule has 0 aliphatic heterocycles. The van der Waals surface area contributed by atoms with Gasteiger partial charge in [-0.2, -0.15) is 0 Å². The SMILES string of the molecule is CCC(C)C(NC(=O)C(NC(=O)C(C)NC(=O)CC(C)O)C(C)C)C(=O)O. The van der Waals surface area contributed by atoms with Crippen LogP contribution in [0.4, 0.5) is 0 Å². The second kappa shape index (κ2) is 11.5. The molecule has 0 aromatic heterocycles. The van der Waals surface area contributed by atoms with Crippen LogP contribution in [0.2, 0.25) is 0 Å². The van der Waals surface area contributed by atoms with Crippen molar-refractivity contribution in [2.75, 3.05) is 0 Å². The van der Waals surface area contributed by atoms with E-state index in [4.69, 9.17) is 0 Å². The molecule has 0 bridgehead atoms. The summed E-state index contributed by atoms with van der Waals surface area (Å²) in [5.41, 5.74) is 0. The zero-order valence-corrected chi connectivity index (χ0v) is 16.9. The maximum absolute atomic E-state index is 12.5. The third-order valence-electron chi connectivity index (χ3n) is 4.28. The van der Waals surface area contributed by atoms with Gasteiger partial charge in [0.05, 0.1) is 12.5 Å². The molecular weight excluding hydrogens is 354 g/mol. The van der Waals surface area contributed by atoms with Gasteiger partial charge in [-0.25, -0.2) is 4.79 Å². The first kappa shape index (κ1) is 24.8. The van der Waals surface area contributed by atoms with Crippen LogP contribution < -0.4 is 16.0 Å². The number of hydrogen-bond acceptors (Lipinski definition) is 5. The molecule has 0 saturated heterocycles. The summed E-state index contributed by atoms with van der Waals surface area (Å²) in [6.07, 6.45) is -0.397. The van der Waals surface area contributed by atoms with E-state index in [0.717, 1.165) is 0 Å². The van der Waals surface area contributed by atoms with Crippen LogP contribution in [-0.2, 0) is 19.2 Å². The molecule has 5 N–H and O–H groups in total. The Balaban J connectivity index is 5.01. The Labute approximate surface area is 160 Å². The summed E-state index contributed by atoms with van der Waals surface area (Å²) in [5, 5.41) is 26.0. The molecule has 0 aliphatic rings. The number of carboxylic acids is 1. The van der Waals surface area contributed by atoms with E-state index in [2.05, 4.69) is 16.0 Å². The van der Waals surface area contributed by atoms with Gasteiger partial charge in [0, 0.05) is 0 Å². The van der Waals surface area contributed by atoms with Gasteiger partial charge in [0.15, 0.2) is 0 Å². The fourth-order valence-corrected chi connectivity index (χ4v) is 2.37. The van der Waals surface area contributed by atoms with Crippen LogP contribution in [0, 0.1) is 11.8 Å². The van der Waals surface area contributed by atoms with Gasteiger partial charge in [-0.1, -0.05) is 34.1 Å². The number of carboxylic acid groups (broad SMARTS) is 1. The van der Waals surface area contributed by atoms with Crippen molar-refractivity contribution in [3.63, 3.8) is 0 Å². The van der Waals surface area contributed by atoms with E-state index >= 15 is 0 Å². The number of carbonyl (C=O) groups excluding carboxylic acids is 3. The van der Waals surface area contributed by atoms with Crippen molar-refractivity contribution >= 4 is 23.7 Å². The van der Waals surface area contributed by atoms with Crippen molar-refractivity contribution in [3.8, 4) is 0 Å². The molecule has 0 aromatic rings. The van der Waals surface area contributed by atoms with Crippen LogP contribution in [0.15, 0.2) is 0 Å². The molecule has 0 fully saturated rings. The summed E-state index contributed by atoms with van der Waals surface area (Å²) in [4.78, 5) is 47.9. The van der Waals surface area contributed by atoms with Crippen LogP contribution in [0.5, 0.6) is 0 Å². The predicted octanol–water partition coefficient (Wildman–Crippen LogP) is 0.0183. The lowest BCUT2D eigenvalue weighted by molar-refractivity contribution is -0.144. The Hall–Kier alpha value is -2.16. The summed E-state index contributed by atoms with van der Waals surface area (Å²) < 4.78 is 0. The lowest BCUT2D eigenvalue weighted by Crippen LogP contribution is -2.57. The van der Waals surface area contributed by atoms with Gasteiger partial charge in [-0.05, 0) is 25.7 Å². The normalized spacial score (nSPS) is 16.6. The standard InChI is InChI=1S/C18H33N3O6/c1-7-10(4)15(18(26)27)21-17(25)14(9(2)3)20-16(24)12(6)19-13(23)8-11(5)22/h9-12,14-15,22H,7-8H2,1-6H3,(H,19,23)(H,20,24)(H,21,25)(H,26,27). The van der Waals surface area contributed by atoms with Crippen LogP contribution >= 0.6 is 0 Å². The molecule has 0 saturated carbocycles. The fraction of sp³-hybridized carbons (Fsp3) is 0.778. The topological polar surface area (TPSA) is 145 Å². The quantitative estimate of drug-likeness (QED) is 0.338. The van der Waals surface area contributed by atoms with E-state index in [-0.39, 0.29) is 18.3 Å². The number of amides is 3. The van der Waals surface area contributed by atoms with Gasteiger partial charge in [0.1, 0.15) is 18.1 Å². The highest BCUT2D eigenvalue weighted by Gasteiger charge is 2.32. The molecule has 0 rings (SSSR count). The Morgan fingerprint density at radius 2 is 1.37 bits per heavy atom. The van der Waals surface area contributed by atoms with Crippen LogP contribution in [-0.4, -0.2) is 58.1 Å². The Morgan fingerprint density at radius 1 is 0.852 bits per heavy atom. The van der Waals surface area contributed by atoms with Crippen molar-refractivity contribution < 1.29 is 29.4 Å². The van der Waals surface area contributed by atoms with Crippen LogP contribution in [0.3, 0.4) is 0 Å². The van der Waals surface area contributed by atoms with Gasteiger partial charge in [0.2, 0.25) is 17.7 Å². The van der Waals surface area contributed by atoms with Gasteiger partial charge in [-0.15, -0.1) is 0 Å². The Bertz CT molecular complexity index is 535. The molecule has 156 valence electrons. The van der Waals surface area contributed by atoms with E-state index < -0.39 is 47.9 Å². The highest BCUT2D eigenvalue weighted by molar-refractivity contribution is 5.93. The number of hydrogen-bond donors (Lipinski definition) is 5. The summed E-state index contributed by atoms with van der Waals surface area (Å²) in [6.45, 7) is 9.91. The minimum absolute atomic E-state index is 0.138. The predicted molar refractivity (Wildman–Crippen MR) is 99.7 cm³/mol. The molecule has 9 heteroatoms. The van der Waals surface area contributed by atoms with Gasteiger partial charge >= 0.3 is 5.97 Å². The van der Waals surface area contributed by atoms with Crippen molar-refractivity contribution in [1.29, 1.82) is 0 Å². The average Bonchev–Trinajstić information content (AvgIpc) is 2.54. The molecule has 0 heterocycles. The third-order valence-corrected chi connectivity index (χ3v) is 4.28. The fourth-order valence-electron chi connectivity index (χ4n) is 2.37. The monoisotopic (exact) mass is 387 g/mol. The van der Waals surface area contributed by atoms with E-state index in [0.29, 0.717) is 6.42 Å². The summed E-state index contributed by atoms with van der Waals surface area (Å²) in [6, 6.07) is -2.90. The molecular formula is C18H33N3O6. The zero-order chi connectivity index (χ0) is 21.3. The highest BCUT2D eigenvalue weighted by atomic mass is 16.4. The van der Waals surface area contributed by atoms with Gasteiger partial charge < -0.3 is 26.2 Å². The molecule has 0 radical (unpaired) electrons. The Kier molecular flexibility index (Phi) is 10.6.